The summed E-state index contributed by atoms with van der Waals surface area (Å²) in [4.78, 5) is 31.9. The number of carbonyl (C=O) groups is 2. The average Bonchev–Trinajstić information content (AvgIpc) is 3.41. The fourth-order valence-electron chi connectivity index (χ4n) is 5.85. The number of hydrogen-bond acceptors (Lipinski definition) is 10. The number of fused-ring (bicyclic) bond motifs is 3. The highest BCUT2D eigenvalue weighted by Crippen LogP contribution is 2.42. The van der Waals surface area contributed by atoms with Crippen molar-refractivity contribution in [2.75, 3.05) is 39.4 Å². The monoisotopic (exact) mass is 619 g/mol. The van der Waals surface area contributed by atoms with E-state index in [1.54, 1.807) is 49.7 Å². The summed E-state index contributed by atoms with van der Waals surface area (Å²) >= 11 is 0. The molecular formula is C33H41N5O7. The summed E-state index contributed by atoms with van der Waals surface area (Å²) in [5.74, 6) is 1.81. The first-order chi connectivity index (χ1) is 21.7. The molecule has 3 unspecified atom stereocenters. The van der Waals surface area contributed by atoms with E-state index >= 15 is 0 Å². The topological polar surface area (TPSA) is 148 Å². The van der Waals surface area contributed by atoms with Gasteiger partial charge in [-0.2, -0.15) is 0 Å². The number of aliphatic hydroxyl groups is 1. The maximum Gasteiger partial charge on any atom is 0.261 e. The summed E-state index contributed by atoms with van der Waals surface area (Å²) in [6.45, 7) is 2.91. The Hall–Kier alpha value is -4.55. The number of likely N-dealkylation sites (N-methyl/N-ethyl adjacent to an activating group) is 1. The highest BCUT2D eigenvalue weighted by molar-refractivity contribution is 6.02. The molecule has 0 spiro atoms. The van der Waals surface area contributed by atoms with Crippen LogP contribution in [0, 0.1) is 0 Å². The summed E-state index contributed by atoms with van der Waals surface area (Å²) in [5, 5.41) is 13.8. The van der Waals surface area contributed by atoms with Crippen LogP contribution in [-0.2, 0) is 4.79 Å². The molecule has 12 nitrogen and oxygen atoms in total. The number of anilines is 1. The van der Waals surface area contributed by atoms with E-state index in [9.17, 15) is 14.7 Å². The van der Waals surface area contributed by atoms with Crippen LogP contribution in [-0.4, -0.2) is 81.0 Å². The summed E-state index contributed by atoms with van der Waals surface area (Å²) in [7, 11) is 4.84. The molecule has 0 saturated carbocycles. The van der Waals surface area contributed by atoms with Crippen LogP contribution in [0.2, 0.25) is 0 Å². The molecule has 2 aromatic carbocycles. The van der Waals surface area contributed by atoms with Crippen LogP contribution in [0.1, 0.15) is 54.9 Å². The molecule has 3 atom stereocenters. The normalized spacial score (nSPS) is 23.8. The molecule has 3 heterocycles. The number of unbranched alkanes of at least 4 members (excludes halogenated alkanes) is 2. The van der Waals surface area contributed by atoms with Crippen molar-refractivity contribution in [3.8, 4) is 23.0 Å². The van der Waals surface area contributed by atoms with Crippen molar-refractivity contribution in [3.63, 3.8) is 0 Å². The number of hydrogen-bond donors (Lipinski definition) is 3. The predicted octanol–water partition coefficient (Wildman–Crippen LogP) is 3.74. The third-order valence-corrected chi connectivity index (χ3v) is 8.31. The number of aliphatic imine (C=N–C) groups is 1. The zero-order valence-electron chi connectivity index (χ0n) is 26.1. The lowest BCUT2D eigenvalue weighted by molar-refractivity contribution is -0.109. The Kier molecular flexibility index (Phi) is 9.64. The molecule has 0 bridgehead atoms. The number of aliphatic hydroxyl groups excluding tert-OH is 1. The largest absolute Gasteiger partial charge is 0.493 e. The lowest BCUT2D eigenvalue weighted by Crippen LogP contribution is -2.64. The number of nitrogens with two attached hydrogens (primary N) is 1. The highest BCUT2D eigenvalue weighted by atomic mass is 16.5. The quantitative estimate of drug-likeness (QED) is 0.239. The smallest absolute Gasteiger partial charge is 0.261 e. The number of methoxy groups -OCH3 is 2. The van der Waals surface area contributed by atoms with Crippen molar-refractivity contribution in [2.24, 2.45) is 10.7 Å². The highest BCUT2D eigenvalue weighted by Gasteiger charge is 2.49. The minimum Gasteiger partial charge on any atom is -0.493 e. The van der Waals surface area contributed by atoms with Crippen molar-refractivity contribution in [3.05, 3.63) is 53.2 Å². The second-order valence-electron chi connectivity index (χ2n) is 11.4. The van der Waals surface area contributed by atoms with Gasteiger partial charge in [-0.15, -0.1) is 0 Å². The van der Waals surface area contributed by atoms with E-state index in [0.29, 0.717) is 66.7 Å². The van der Waals surface area contributed by atoms with E-state index < -0.39 is 11.9 Å². The van der Waals surface area contributed by atoms with Gasteiger partial charge in [0.05, 0.1) is 50.4 Å². The standard InChI is InChI=1S/C33H41N5O7/c1-21-13-22-15-27(42-3)29(17-25(22)35-19-23(14-21)36-20-39)44-11-6-5-7-12-45-30-18-26-24(16-28(30)43-4)31(40)38-10-8-9-33(38,34)32(41)37(26)2/h8,10,13,15-20,23,32,41H,5-7,9,11-12,14,34H2,1-4H3,(H,36,39)/b21-13-,35-19-. The Bertz CT molecular complexity index is 1520. The molecule has 3 aliphatic rings. The molecule has 5 rings (SSSR count). The zero-order valence-corrected chi connectivity index (χ0v) is 26.1. The molecule has 0 radical (unpaired) electrons. The molecule has 4 N–H and O–H groups in total. The molecule has 0 fully saturated rings. The van der Waals surface area contributed by atoms with E-state index in [1.165, 1.54) is 12.0 Å². The molecule has 0 saturated heterocycles. The van der Waals surface area contributed by atoms with Gasteiger partial charge in [-0.1, -0.05) is 17.7 Å². The van der Waals surface area contributed by atoms with Crippen LogP contribution >= 0.6 is 0 Å². The molecule has 240 valence electrons. The minimum absolute atomic E-state index is 0.172. The second kappa shape index (κ2) is 13.6. The van der Waals surface area contributed by atoms with Crippen LogP contribution in [0.15, 0.2) is 47.1 Å². The Morgan fingerprint density at radius 3 is 2.44 bits per heavy atom. The first-order valence-electron chi connectivity index (χ1n) is 15.0. The van der Waals surface area contributed by atoms with Crippen LogP contribution in [0.3, 0.4) is 0 Å². The fourth-order valence-corrected chi connectivity index (χ4v) is 5.85. The van der Waals surface area contributed by atoms with Crippen molar-refractivity contribution >= 4 is 36.0 Å². The number of amides is 2. The van der Waals surface area contributed by atoms with Crippen molar-refractivity contribution in [1.82, 2.24) is 10.2 Å². The molecule has 12 heteroatoms. The van der Waals surface area contributed by atoms with Crippen molar-refractivity contribution < 1.29 is 33.6 Å². The van der Waals surface area contributed by atoms with E-state index in [1.807, 2.05) is 25.1 Å². The number of nitrogens with one attached hydrogen (secondary N) is 1. The summed E-state index contributed by atoms with van der Waals surface area (Å²) < 4.78 is 23.3. The van der Waals surface area contributed by atoms with Crippen LogP contribution in [0.25, 0.3) is 6.08 Å². The fraction of sp³-hybridized carbons (Fsp3) is 0.424. The molecule has 0 aliphatic carbocycles. The van der Waals surface area contributed by atoms with Gasteiger partial charge in [-0.05, 0) is 44.7 Å². The SMILES string of the molecule is COc1cc2c(cc1OCCCCCOc1cc3c(cc1OC)C(=O)N1C=CCC1(N)C(O)N3C)/N=C\C(NC=O)C/C(C)=C\2. The molecule has 2 amide bonds. The maximum atomic E-state index is 13.4. The van der Waals surface area contributed by atoms with Gasteiger partial charge in [0.15, 0.2) is 29.2 Å². The van der Waals surface area contributed by atoms with E-state index in [-0.39, 0.29) is 11.9 Å². The molecule has 2 aromatic rings. The summed E-state index contributed by atoms with van der Waals surface area (Å²) in [6.07, 6.45) is 10.2. The first kappa shape index (κ1) is 31.9. The third-order valence-electron chi connectivity index (χ3n) is 8.31. The van der Waals surface area contributed by atoms with Gasteiger partial charge in [0.25, 0.3) is 5.91 Å². The number of nitrogens with zero attached hydrogens (tertiary/aromatic N) is 3. The zero-order chi connectivity index (χ0) is 32.1. The van der Waals surface area contributed by atoms with Gasteiger partial charge in [0.1, 0.15) is 5.66 Å². The third kappa shape index (κ3) is 6.47. The second-order valence-corrected chi connectivity index (χ2v) is 11.4. The van der Waals surface area contributed by atoms with Crippen LogP contribution in [0.5, 0.6) is 23.0 Å². The van der Waals surface area contributed by atoms with Crippen LogP contribution in [0.4, 0.5) is 11.4 Å². The lowest BCUT2D eigenvalue weighted by atomic mass is 10.0. The summed E-state index contributed by atoms with van der Waals surface area (Å²) in [5.41, 5.74) is 8.88. The van der Waals surface area contributed by atoms with Gasteiger partial charge in [0.2, 0.25) is 6.41 Å². The average molecular weight is 620 g/mol. The Morgan fingerprint density at radius 2 is 1.76 bits per heavy atom. The minimum atomic E-state index is -1.26. The number of benzene rings is 2. The number of ether oxygens (including phenoxy) is 4. The Morgan fingerprint density at radius 1 is 1.07 bits per heavy atom. The van der Waals surface area contributed by atoms with Gasteiger partial charge in [-0.25, -0.2) is 0 Å². The molecule has 3 aliphatic heterocycles. The molecular weight excluding hydrogens is 578 g/mol. The lowest BCUT2D eigenvalue weighted by Gasteiger charge is -2.39. The Balaban J connectivity index is 1.18. The predicted molar refractivity (Wildman–Crippen MR) is 171 cm³/mol. The molecule has 45 heavy (non-hydrogen) atoms. The number of carbonyl (C=O) groups excluding carboxylic acids is 2. The first-order valence-corrected chi connectivity index (χ1v) is 15.0. The molecule has 0 aromatic heterocycles. The Labute approximate surface area is 263 Å². The van der Waals surface area contributed by atoms with Crippen molar-refractivity contribution in [1.29, 1.82) is 0 Å². The van der Waals surface area contributed by atoms with E-state index in [0.717, 1.165) is 36.1 Å². The maximum absolute atomic E-state index is 13.4. The van der Waals surface area contributed by atoms with Crippen LogP contribution < -0.4 is 34.9 Å². The van der Waals surface area contributed by atoms with Crippen molar-refractivity contribution in [2.45, 2.75) is 57.0 Å². The van der Waals surface area contributed by atoms with E-state index in [4.69, 9.17) is 24.7 Å². The van der Waals surface area contributed by atoms with Gasteiger partial charge in [-0.3, -0.25) is 19.5 Å². The summed E-state index contributed by atoms with van der Waals surface area (Å²) in [6, 6.07) is 6.96. The van der Waals surface area contributed by atoms with E-state index in [2.05, 4.69) is 10.3 Å². The van der Waals surface area contributed by atoms with Gasteiger partial charge in [0, 0.05) is 43.6 Å². The van der Waals surface area contributed by atoms with Gasteiger partial charge < -0.3 is 40.0 Å². The number of rotatable bonds is 12. The van der Waals surface area contributed by atoms with Gasteiger partial charge >= 0.3 is 0 Å².